The molecule has 2 heterocycles. The lowest BCUT2D eigenvalue weighted by Gasteiger charge is -2.04. The fraction of sp³-hybridized carbons (Fsp3) is 0.0625. The van der Waals surface area contributed by atoms with Crippen LogP contribution >= 0.6 is 11.3 Å². The number of nitrogens with two attached hydrogens (primary N) is 1. The van der Waals surface area contributed by atoms with Crippen LogP contribution in [0.1, 0.15) is 11.1 Å². The van der Waals surface area contributed by atoms with E-state index in [4.69, 9.17) is 11.0 Å². The zero-order chi connectivity index (χ0) is 16.6. The number of primary amides is 1. The third-order valence-electron chi connectivity index (χ3n) is 3.47. The maximum Gasteiger partial charge on any atom is 0.270 e. The van der Waals surface area contributed by atoms with Crippen molar-refractivity contribution in [1.29, 1.82) is 5.26 Å². The highest BCUT2D eigenvalue weighted by molar-refractivity contribution is 7.17. The van der Waals surface area contributed by atoms with Crippen molar-refractivity contribution in [3.63, 3.8) is 0 Å². The van der Waals surface area contributed by atoms with Crippen LogP contribution in [0.3, 0.4) is 0 Å². The smallest absolute Gasteiger partial charge is 0.270 e. The number of nitriles is 1. The number of hydrogen-bond donors (Lipinski definition) is 3. The zero-order valence-electron chi connectivity index (χ0n) is 11.8. The van der Waals surface area contributed by atoms with Gasteiger partial charge in [-0.05, 0) is 11.1 Å². The van der Waals surface area contributed by atoms with E-state index in [0.717, 1.165) is 11.1 Å². The van der Waals surface area contributed by atoms with Crippen LogP contribution in [0.25, 0.3) is 21.3 Å². The lowest BCUT2D eigenvalue weighted by molar-refractivity contribution is -0.117. The summed E-state index contributed by atoms with van der Waals surface area (Å²) >= 11 is 1.27. The van der Waals surface area contributed by atoms with Gasteiger partial charge in [0, 0.05) is 10.9 Å². The number of hydrogen-bond acceptors (Lipinski definition) is 5. The van der Waals surface area contributed by atoms with Gasteiger partial charge >= 0.3 is 0 Å². The number of fused-ring (bicyclic) bond motifs is 1. The number of aromatic amines is 1. The molecule has 0 fully saturated rings. The first-order valence-corrected chi connectivity index (χ1v) is 7.53. The zero-order valence-corrected chi connectivity index (χ0v) is 12.6. The number of nitrogens with one attached hydrogen (secondary N) is 1. The Morgan fingerprint density at radius 1 is 1.35 bits per heavy atom. The van der Waals surface area contributed by atoms with Crippen LogP contribution in [-0.2, 0) is 11.2 Å². The molecule has 3 rings (SSSR count). The molecule has 0 saturated carbocycles. The number of aromatic nitrogens is 1. The Morgan fingerprint density at radius 2 is 2.04 bits per heavy atom. The van der Waals surface area contributed by atoms with Crippen molar-refractivity contribution in [1.82, 2.24) is 4.98 Å². The summed E-state index contributed by atoms with van der Waals surface area (Å²) in [7, 11) is 0. The van der Waals surface area contributed by atoms with Crippen LogP contribution in [0.5, 0.6) is 5.75 Å². The minimum atomic E-state index is -0.609. The summed E-state index contributed by atoms with van der Waals surface area (Å²) < 4.78 is 0. The van der Waals surface area contributed by atoms with Crippen LogP contribution in [0.15, 0.2) is 34.4 Å². The van der Waals surface area contributed by atoms with Gasteiger partial charge in [-0.1, -0.05) is 24.3 Å². The molecule has 4 N–H and O–H groups in total. The van der Waals surface area contributed by atoms with E-state index in [9.17, 15) is 14.7 Å². The predicted molar refractivity (Wildman–Crippen MR) is 87.2 cm³/mol. The van der Waals surface area contributed by atoms with Crippen LogP contribution in [-0.4, -0.2) is 16.0 Å². The van der Waals surface area contributed by atoms with Gasteiger partial charge in [0.05, 0.1) is 11.8 Å². The number of carbonyl (C=O) groups excluding carboxylic acids is 1. The van der Waals surface area contributed by atoms with Gasteiger partial charge < -0.3 is 15.8 Å². The summed E-state index contributed by atoms with van der Waals surface area (Å²) in [4.78, 5) is 25.7. The van der Waals surface area contributed by atoms with Crippen LogP contribution in [0.2, 0.25) is 0 Å². The third kappa shape index (κ3) is 2.56. The third-order valence-corrected chi connectivity index (χ3v) is 4.37. The van der Waals surface area contributed by atoms with E-state index in [-0.39, 0.29) is 17.7 Å². The van der Waals surface area contributed by atoms with Crippen LogP contribution in [0.4, 0.5) is 0 Å². The van der Waals surface area contributed by atoms with Crippen molar-refractivity contribution in [2.24, 2.45) is 5.73 Å². The fourth-order valence-corrected chi connectivity index (χ4v) is 3.37. The SMILES string of the molecule is N#Cc1c(O)c2c(-c3ccc(CC(N)=O)cc3)csc2[nH]c1=O. The predicted octanol–water partition coefficient (Wildman–Crippen LogP) is 1.86. The molecule has 23 heavy (non-hydrogen) atoms. The van der Waals surface area contributed by atoms with Crippen molar-refractivity contribution in [2.75, 3.05) is 0 Å². The van der Waals surface area contributed by atoms with Gasteiger partial charge in [-0.3, -0.25) is 9.59 Å². The van der Waals surface area contributed by atoms with Gasteiger partial charge in [0.25, 0.3) is 5.56 Å². The van der Waals surface area contributed by atoms with E-state index in [2.05, 4.69) is 4.98 Å². The van der Waals surface area contributed by atoms with Crippen LogP contribution in [0, 0.1) is 11.3 Å². The molecule has 0 unspecified atom stereocenters. The van der Waals surface area contributed by atoms with Crippen molar-refractivity contribution in [2.45, 2.75) is 6.42 Å². The Kier molecular flexibility index (Phi) is 3.60. The van der Waals surface area contributed by atoms with E-state index >= 15 is 0 Å². The van der Waals surface area contributed by atoms with E-state index in [1.165, 1.54) is 11.3 Å². The molecule has 6 nitrogen and oxygen atoms in total. The summed E-state index contributed by atoms with van der Waals surface area (Å²) in [5, 5.41) is 21.5. The van der Waals surface area contributed by atoms with E-state index in [1.54, 1.807) is 35.7 Å². The Morgan fingerprint density at radius 3 is 2.65 bits per heavy atom. The summed E-state index contributed by atoms with van der Waals surface area (Å²) in [6, 6.07) is 8.87. The molecule has 2 aromatic heterocycles. The standard InChI is InChI=1S/C16H11N3O3S/c17-6-10-14(21)13-11(7-23-16(13)19-15(10)22)9-3-1-8(2-4-9)5-12(18)20/h1-4,7H,5H2,(H2,18,20)(H2,19,21,22). The Bertz CT molecular complexity index is 1010. The van der Waals surface area contributed by atoms with E-state index in [1.807, 2.05) is 0 Å². The fourth-order valence-electron chi connectivity index (χ4n) is 2.40. The summed E-state index contributed by atoms with van der Waals surface area (Å²) in [5.41, 5.74) is 6.55. The van der Waals surface area contributed by atoms with Crippen LogP contribution < -0.4 is 11.3 Å². The molecule has 0 bridgehead atoms. The van der Waals surface area contributed by atoms with Gasteiger partial charge in [0.1, 0.15) is 16.6 Å². The number of benzene rings is 1. The molecule has 3 aromatic rings. The number of amides is 1. The second-order valence-corrected chi connectivity index (χ2v) is 5.86. The molecule has 0 aliphatic heterocycles. The summed E-state index contributed by atoms with van der Waals surface area (Å²) in [6.45, 7) is 0. The van der Waals surface area contributed by atoms with Gasteiger partial charge in [-0.2, -0.15) is 5.26 Å². The molecule has 0 aliphatic carbocycles. The number of rotatable bonds is 3. The first-order chi connectivity index (χ1) is 11.0. The molecule has 1 aromatic carbocycles. The van der Waals surface area contributed by atoms with E-state index in [0.29, 0.717) is 15.8 Å². The molecule has 7 heteroatoms. The average Bonchev–Trinajstić information content (AvgIpc) is 2.91. The maximum atomic E-state index is 11.7. The second kappa shape index (κ2) is 5.59. The topological polar surface area (TPSA) is 120 Å². The summed E-state index contributed by atoms with van der Waals surface area (Å²) in [6.07, 6.45) is 0.155. The van der Waals surface area contributed by atoms with Crippen molar-refractivity contribution >= 4 is 27.5 Å². The Hall–Kier alpha value is -3.11. The number of carbonyl (C=O) groups is 1. The minimum Gasteiger partial charge on any atom is -0.506 e. The number of thiophene rings is 1. The lowest BCUT2D eigenvalue weighted by atomic mass is 10.0. The van der Waals surface area contributed by atoms with Gasteiger partial charge in [-0.25, -0.2) is 0 Å². The molecule has 1 amide bonds. The highest BCUT2D eigenvalue weighted by Crippen LogP contribution is 2.38. The monoisotopic (exact) mass is 325 g/mol. The molecule has 0 aliphatic rings. The van der Waals surface area contributed by atoms with Gasteiger partial charge in [-0.15, -0.1) is 11.3 Å². The first-order valence-electron chi connectivity index (χ1n) is 6.65. The van der Waals surface area contributed by atoms with E-state index < -0.39 is 11.5 Å². The largest absolute Gasteiger partial charge is 0.506 e. The molecule has 0 saturated heterocycles. The summed E-state index contributed by atoms with van der Waals surface area (Å²) in [5.74, 6) is -0.726. The normalized spacial score (nSPS) is 10.6. The minimum absolute atomic E-state index is 0.155. The molecular formula is C16H11N3O3S. The molecule has 0 radical (unpaired) electrons. The lowest BCUT2D eigenvalue weighted by Crippen LogP contribution is -2.13. The molecule has 0 spiro atoms. The van der Waals surface area contributed by atoms with Gasteiger partial charge in [0.2, 0.25) is 5.91 Å². The first kappa shape index (κ1) is 14.8. The maximum absolute atomic E-state index is 11.7. The van der Waals surface area contributed by atoms with Crippen molar-refractivity contribution in [3.05, 3.63) is 51.1 Å². The average molecular weight is 325 g/mol. The highest BCUT2D eigenvalue weighted by Gasteiger charge is 2.17. The van der Waals surface area contributed by atoms with Crippen molar-refractivity contribution < 1.29 is 9.90 Å². The van der Waals surface area contributed by atoms with Gasteiger partial charge in [0.15, 0.2) is 5.56 Å². The Balaban J connectivity index is 2.16. The number of nitrogens with zero attached hydrogens (tertiary/aromatic N) is 1. The molecular weight excluding hydrogens is 314 g/mol. The number of H-pyrrole nitrogens is 1. The highest BCUT2D eigenvalue weighted by atomic mass is 32.1. The quantitative estimate of drug-likeness (QED) is 0.680. The Labute approximate surface area is 134 Å². The second-order valence-electron chi connectivity index (χ2n) is 4.98. The number of pyridine rings is 1. The molecule has 0 atom stereocenters. The number of aromatic hydroxyl groups is 1. The molecule has 114 valence electrons. The van der Waals surface area contributed by atoms with Crippen molar-refractivity contribution in [3.8, 4) is 22.9 Å².